The van der Waals surface area contributed by atoms with E-state index in [2.05, 4.69) is 11.9 Å². The van der Waals surface area contributed by atoms with Crippen LogP contribution >= 0.6 is 12.2 Å². The summed E-state index contributed by atoms with van der Waals surface area (Å²) in [6, 6.07) is 5.42. The van der Waals surface area contributed by atoms with Gasteiger partial charge in [0.25, 0.3) is 11.5 Å². The standard InChI is InChI=1S/C16H19N3O2S/c1-10-5-3-4-8-19(10)14(20)11-6-7-12-13(9-11)17-16(22)18(2)15(12)21/h6-7,9-10H,3-5,8H2,1-2H3,(H,17,22). The molecule has 6 heteroatoms. The molecule has 1 fully saturated rings. The number of nitrogens with one attached hydrogen (secondary N) is 1. The predicted molar refractivity (Wildman–Crippen MR) is 88.7 cm³/mol. The summed E-state index contributed by atoms with van der Waals surface area (Å²) in [6.07, 6.45) is 3.26. The number of hydrogen-bond acceptors (Lipinski definition) is 3. The minimum Gasteiger partial charge on any atom is -0.336 e. The number of aromatic amines is 1. The average molecular weight is 317 g/mol. The molecule has 2 heterocycles. The van der Waals surface area contributed by atoms with E-state index in [1.54, 1.807) is 25.2 Å². The molecule has 0 aliphatic carbocycles. The number of rotatable bonds is 1. The van der Waals surface area contributed by atoms with Crippen LogP contribution in [0.2, 0.25) is 0 Å². The first kappa shape index (κ1) is 15.0. The first-order chi connectivity index (χ1) is 10.5. The number of amides is 1. The Morgan fingerprint density at radius 2 is 2.14 bits per heavy atom. The molecule has 1 N–H and O–H groups in total. The molecule has 0 radical (unpaired) electrons. The Morgan fingerprint density at radius 3 is 2.86 bits per heavy atom. The van der Waals surface area contributed by atoms with Crippen molar-refractivity contribution in [2.24, 2.45) is 7.05 Å². The Bertz CT molecular complexity index is 853. The largest absolute Gasteiger partial charge is 0.336 e. The van der Waals surface area contributed by atoms with Crippen LogP contribution in [0, 0.1) is 4.77 Å². The molecule has 1 atom stereocenters. The number of likely N-dealkylation sites (tertiary alicyclic amines) is 1. The summed E-state index contributed by atoms with van der Waals surface area (Å²) in [5, 5.41) is 0.541. The molecule has 0 saturated carbocycles. The molecule has 0 bridgehead atoms. The highest BCUT2D eigenvalue weighted by atomic mass is 32.1. The summed E-state index contributed by atoms with van der Waals surface area (Å²) in [7, 11) is 1.63. The molecule has 1 saturated heterocycles. The van der Waals surface area contributed by atoms with Gasteiger partial charge in [-0.3, -0.25) is 14.2 Å². The molecule has 1 aliphatic heterocycles. The van der Waals surface area contributed by atoms with E-state index < -0.39 is 0 Å². The zero-order valence-electron chi connectivity index (χ0n) is 12.8. The van der Waals surface area contributed by atoms with Crippen LogP contribution in [0.25, 0.3) is 10.9 Å². The highest BCUT2D eigenvalue weighted by molar-refractivity contribution is 7.71. The van der Waals surface area contributed by atoms with Crippen LogP contribution in [-0.2, 0) is 7.05 Å². The fourth-order valence-corrected chi connectivity index (χ4v) is 3.20. The summed E-state index contributed by atoms with van der Waals surface area (Å²) in [5.74, 6) is 0.0223. The maximum atomic E-state index is 12.7. The minimum atomic E-state index is -0.149. The summed E-state index contributed by atoms with van der Waals surface area (Å²) in [5.41, 5.74) is 1.06. The third-order valence-corrected chi connectivity index (χ3v) is 4.79. The number of piperidine rings is 1. The van der Waals surface area contributed by atoms with Gasteiger partial charge in [0.2, 0.25) is 0 Å². The maximum Gasteiger partial charge on any atom is 0.261 e. The lowest BCUT2D eigenvalue weighted by Gasteiger charge is -2.33. The fourth-order valence-electron chi connectivity index (χ4n) is 3.00. The second kappa shape index (κ2) is 5.68. The quantitative estimate of drug-likeness (QED) is 0.823. The molecule has 116 valence electrons. The molecular weight excluding hydrogens is 298 g/mol. The van der Waals surface area contributed by atoms with Gasteiger partial charge in [-0.05, 0) is 56.6 Å². The van der Waals surface area contributed by atoms with Crippen LogP contribution in [0.15, 0.2) is 23.0 Å². The van der Waals surface area contributed by atoms with Crippen molar-refractivity contribution in [2.45, 2.75) is 32.2 Å². The summed E-state index contributed by atoms with van der Waals surface area (Å²) >= 11 is 5.13. The molecule has 1 unspecified atom stereocenters. The zero-order valence-corrected chi connectivity index (χ0v) is 13.6. The first-order valence-corrected chi connectivity index (χ1v) is 7.94. The maximum absolute atomic E-state index is 12.7. The van der Waals surface area contributed by atoms with E-state index in [0.717, 1.165) is 19.4 Å². The van der Waals surface area contributed by atoms with E-state index >= 15 is 0 Å². The summed E-state index contributed by atoms with van der Waals surface area (Å²) in [6.45, 7) is 2.88. The Hall–Kier alpha value is -1.95. The van der Waals surface area contributed by atoms with Crippen molar-refractivity contribution in [3.63, 3.8) is 0 Å². The number of fused-ring (bicyclic) bond motifs is 1. The van der Waals surface area contributed by atoms with Crippen molar-refractivity contribution in [3.05, 3.63) is 38.9 Å². The second-order valence-corrected chi connectivity index (χ2v) is 6.28. The SMILES string of the molecule is CC1CCCCN1C(=O)c1ccc2c(=O)n(C)c(=S)[nH]c2c1. The molecule has 2 aromatic rings. The van der Waals surface area contributed by atoms with Crippen LogP contribution in [0.3, 0.4) is 0 Å². The van der Waals surface area contributed by atoms with E-state index in [1.165, 1.54) is 11.0 Å². The minimum absolute atomic E-state index is 0.0223. The van der Waals surface area contributed by atoms with Gasteiger partial charge >= 0.3 is 0 Å². The number of benzene rings is 1. The fraction of sp³-hybridized carbons (Fsp3) is 0.438. The third kappa shape index (κ3) is 2.47. The molecule has 22 heavy (non-hydrogen) atoms. The number of hydrogen-bond donors (Lipinski definition) is 1. The predicted octanol–water partition coefficient (Wildman–Crippen LogP) is 2.61. The van der Waals surface area contributed by atoms with Gasteiger partial charge in [0.05, 0.1) is 10.9 Å². The smallest absolute Gasteiger partial charge is 0.261 e. The van der Waals surface area contributed by atoms with Crippen molar-refractivity contribution in [3.8, 4) is 0 Å². The van der Waals surface area contributed by atoms with Crippen molar-refractivity contribution in [2.75, 3.05) is 6.54 Å². The van der Waals surface area contributed by atoms with Gasteiger partial charge in [-0.15, -0.1) is 0 Å². The van der Waals surface area contributed by atoms with Gasteiger partial charge in [0.15, 0.2) is 4.77 Å². The molecule has 0 spiro atoms. The second-order valence-electron chi connectivity index (χ2n) is 5.90. The lowest BCUT2D eigenvalue weighted by atomic mass is 10.0. The van der Waals surface area contributed by atoms with Gasteiger partial charge in [0, 0.05) is 25.2 Å². The van der Waals surface area contributed by atoms with E-state index in [9.17, 15) is 9.59 Å². The highest BCUT2D eigenvalue weighted by Crippen LogP contribution is 2.20. The van der Waals surface area contributed by atoms with Crippen molar-refractivity contribution in [1.29, 1.82) is 0 Å². The number of nitrogens with zero attached hydrogens (tertiary/aromatic N) is 2. The van der Waals surface area contributed by atoms with E-state index in [4.69, 9.17) is 12.2 Å². The molecular formula is C16H19N3O2S. The van der Waals surface area contributed by atoms with Gasteiger partial charge in [-0.1, -0.05) is 0 Å². The van der Waals surface area contributed by atoms with Crippen molar-refractivity contribution < 1.29 is 4.79 Å². The number of H-pyrrole nitrogens is 1. The Labute approximate surface area is 133 Å². The molecule has 1 amide bonds. The number of aromatic nitrogens is 2. The number of carbonyl (C=O) groups excluding carboxylic acids is 1. The van der Waals surface area contributed by atoms with Crippen LogP contribution < -0.4 is 5.56 Å². The van der Waals surface area contributed by atoms with Gasteiger partial charge in [-0.2, -0.15) is 0 Å². The van der Waals surface area contributed by atoms with Crippen molar-refractivity contribution >= 4 is 29.0 Å². The van der Waals surface area contributed by atoms with Gasteiger partial charge in [-0.25, -0.2) is 0 Å². The lowest BCUT2D eigenvalue weighted by molar-refractivity contribution is 0.0636. The van der Waals surface area contributed by atoms with Crippen molar-refractivity contribution in [1.82, 2.24) is 14.5 Å². The molecule has 3 rings (SSSR count). The molecule has 1 aromatic carbocycles. The number of carbonyl (C=O) groups is 1. The van der Waals surface area contributed by atoms with E-state index in [1.807, 2.05) is 4.90 Å². The monoisotopic (exact) mass is 317 g/mol. The van der Waals surface area contributed by atoms with Crippen LogP contribution in [0.5, 0.6) is 0 Å². The Balaban J connectivity index is 2.05. The third-order valence-electron chi connectivity index (χ3n) is 4.41. The van der Waals surface area contributed by atoms with Gasteiger partial charge < -0.3 is 9.88 Å². The average Bonchev–Trinajstić information content (AvgIpc) is 2.52. The van der Waals surface area contributed by atoms with E-state index in [0.29, 0.717) is 21.2 Å². The molecule has 1 aliphatic rings. The Morgan fingerprint density at radius 1 is 1.36 bits per heavy atom. The van der Waals surface area contributed by atoms with Crippen LogP contribution in [0.1, 0.15) is 36.5 Å². The molecule has 5 nitrogen and oxygen atoms in total. The molecule has 1 aromatic heterocycles. The highest BCUT2D eigenvalue weighted by Gasteiger charge is 2.24. The van der Waals surface area contributed by atoms with Crippen LogP contribution in [-0.4, -0.2) is 32.9 Å². The van der Waals surface area contributed by atoms with Crippen LogP contribution in [0.4, 0.5) is 0 Å². The lowest BCUT2D eigenvalue weighted by Crippen LogP contribution is -2.42. The van der Waals surface area contributed by atoms with E-state index in [-0.39, 0.29) is 17.5 Å². The van der Waals surface area contributed by atoms with Gasteiger partial charge in [0.1, 0.15) is 0 Å². The normalized spacial score (nSPS) is 18.6. The summed E-state index contributed by atoms with van der Waals surface area (Å²) < 4.78 is 1.75. The first-order valence-electron chi connectivity index (χ1n) is 7.53. The topological polar surface area (TPSA) is 58.1 Å². The zero-order chi connectivity index (χ0) is 15.9. The summed E-state index contributed by atoms with van der Waals surface area (Å²) in [4.78, 5) is 29.8. The Kier molecular flexibility index (Phi) is 3.87.